The van der Waals surface area contributed by atoms with Gasteiger partial charge in [0.05, 0.1) is 33.7 Å². The Morgan fingerprint density at radius 3 is 2.48 bits per heavy atom. The zero-order valence-electron chi connectivity index (χ0n) is 25.6. The minimum atomic E-state index is -3.80. The Kier molecular flexibility index (Phi) is 7.97. The molecular formula is C33H34N8O4S. The molecule has 1 unspecified atom stereocenters. The topological polar surface area (TPSA) is 144 Å². The van der Waals surface area contributed by atoms with E-state index in [1.165, 1.54) is 36.4 Å². The number of piperazine rings is 1. The highest BCUT2D eigenvalue weighted by atomic mass is 32.2. The first-order valence-corrected chi connectivity index (χ1v) is 16.7. The smallest absolute Gasteiger partial charge is 0.262 e. The number of benzene rings is 1. The lowest BCUT2D eigenvalue weighted by atomic mass is 10.1. The van der Waals surface area contributed by atoms with Gasteiger partial charge in [-0.1, -0.05) is 0 Å². The van der Waals surface area contributed by atoms with Gasteiger partial charge in [0.25, 0.3) is 5.56 Å². The van der Waals surface area contributed by atoms with Crippen LogP contribution in [0.15, 0.2) is 81.8 Å². The molecule has 46 heavy (non-hydrogen) atoms. The van der Waals surface area contributed by atoms with E-state index in [1.54, 1.807) is 29.8 Å². The van der Waals surface area contributed by atoms with Crippen LogP contribution in [0.4, 0.5) is 17.3 Å². The summed E-state index contributed by atoms with van der Waals surface area (Å²) in [7, 11) is -3.80. The molecule has 7 rings (SSSR count). The number of nitrogens with one attached hydrogen (secondary N) is 2. The first kappa shape index (κ1) is 30.0. The van der Waals surface area contributed by atoms with Crippen LogP contribution in [-0.2, 0) is 14.6 Å². The zero-order chi connectivity index (χ0) is 31.8. The lowest BCUT2D eigenvalue weighted by Gasteiger charge is -2.30. The summed E-state index contributed by atoms with van der Waals surface area (Å²) in [6, 6.07) is 12.2. The lowest BCUT2D eigenvalue weighted by molar-refractivity contribution is 0.186. The molecule has 0 saturated carbocycles. The number of aromatic nitrogens is 5. The van der Waals surface area contributed by atoms with Crippen LogP contribution in [0.3, 0.4) is 0 Å². The number of aryl methyl sites for hydroxylation is 2. The molecule has 2 aliphatic heterocycles. The third kappa shape index (κ3) is 5.61. The molecule has 236 valence electrons. The van der Waals surface area contributed by atoms with Crippen LogP contribution in [0.25, 0.3) is 22.3 Å². The lowest BCUT2D eigenvalue weighted by Crippen LogP contribution is -2.43. The van der Waals surface area contributed by atoms with E-state index in [4.69, 9.17) is 9.72 Å². The quantitative estimate of drug-likeness (QED) is 0.269. The molecule has 1 atom stereocenters. The van der Waals surface area contributed by atoms with E-state index in [-0.39, 0.29) is 21.4 Å². The SMILES string of the molecule is Cc1cc(Nc2ncc3cc(-c4ncc(S(=O)(=O)c5ccncc5)cc4C)c(=O)n(C4CCOC4)c3n2)ccc1N1CCNCC1. The molecule has 5 aromatic rings. The minimum Gasteiger partial charge on any atom is -0.379 e. The number of pyridine rings is 3. The Morgan fingerprint density at radius 2 is 1.76 bits per heavy atom. The fraction of sp³-hybridized carbons (Fsp3) is 0.303. The molecule has 12 nitrogen and oxygen atoms in total. The normalized spacial score (nSPS) is 17.0. The molecule has 6 heterocycles. The van der Waals surface area contributed by atoms with Gasteiger partial charge in [-0.2, -0.15) is 4.98 Å². The van der Waals surface area contributed by atoms with Crippen LogP contribution in [0, 0.1) is 13.8 Å². The average Bonchev–Trinajstić information content (AvgIpc) is 3.60. The highest BCUT2D eigenvalue weighted by molar-refractivity contribution is 7.91. The zero-order valence-corrected chi connectivity index (χ0v) is 26.4. The molecule has 2 saturated heterocycles. The summed E-state index contributed by atoms with van der Waals surface area (Å²) in [4.78, 5) is 34.5. The second-order valence-electron chi connectivity index (χ2n) is 11.6. The van der Waals surface area contributed by atoms with Gasteiger partial charge in [0.1, 0.15) is 5.65 Å². The highest BCUT2D eigenvalue weighted by Gasteiger charge is 2.26. The van der Waals surface area contributed by atoms with Crippen LogP contribution in [0.1, 0.15) is 23.6 Å². The summed E-state index contributed by atoms with van der Waals surface area (Å²) in [6.07, 6.45) is 6.51. The van der Waals surface area contributed by atoms with Gasteiger partial charge in [-0.05, 0) is 73.9 Å². The summed E-state index contributed by atoms with van der Waals surface area (Å²) in [5.41, 5.74) is 4.73. The number of nitrogens with zero attached hydrogens (tertiary/aromatic N) is 6. The van der Waals surface area contributed by atoms with Crippen LogP contribution >= 0.6 is 0 Å². The molecule has 0 amide bonds. The van der Waals surface area contributed by atoms with Gasteiger partial charge < -0.3 is 20.3 Å². The van der Waals surface area contributed by atoms with Gasteiger partial charge in [0.15, 0.2) is 0 Å². The molecule has 2 N–H and O–H groups in total. The fourth-order valence-electron chi connectivity index (χ4n) is 6.17. The van der Waals surface area contributed by atoms with Crippen molar-refractivity contribution in [3.63, 3.8) is 0 Å². The van der Waals surface area contributed by atoms with Crippen LogP contribution in [0.5, 0.6) is 0 Å². The maximum atomic E-state index is 14.2. The molecule has 0 aliphatic carbocycles. The summed E-state index contributed by atoms with van der Waals surface area (Å²) in [5.74, 6) is 0.376. The summed E-state index contributed by atoms with van der Waals surface area (Å²) < 4.78 is 33.7. The van der Waals surface area contributed by atoms with Crippen molar-refractivity contribution in [1.29, 1.82) is 0 Å². The molecule has 1 aromatic carbocycles. The van der Waals surface area contributed by atoms with Crippen molar-refractivity contribution < 1.29 is 13.2 Å². The monoisotopic (exact) mass is 638 g/mol. The largest absolute Gasteiger partial charge is 0.379 e. The van der Waals surface area contributed by atoms with Gasteiger partial charge in [-0.3, -0.25) is 19.3 Å². The van der Waals surface area contributed by atoms with Gasteiger partial charge in [-0.15, -0.1) is 0 Å². The predicted molar refractivity (Wildman–Crippen MR) is 175 cm³/mol. The van der Waals surface area contributed by atoms with Crippen molar-refractivity contribution in [3.8, 4) is 11.3 Å². The number of ether oxygens (including phenoxy) is 1. The predicted octanol–water partition coefficient (Wildman–Crippen LogP) is 3.81. The fourth-order valence-corrected chi connectivity index (χ4v) is 7.44. The van der Waals surface area contributed by atoms with Crippen molar-refractivity contribution in [2.45, 2.75) is 36.1 Å². The number of sulfone groups is 1. The van der Waals surface area contributed by atoms with E-state index in [2.05, 4.69) is 49.5 Å². The maximum absolute atomic E-state index is 14.2. The maximum Gasteiger partial charge on any atom is 0.262 e. The van der Waals surface area contributed by atoms with Crippen molar-refractivity contribution in [2.24, 2.45) is 0 Å². The van der Waals surface area contributed by atoms with Gasteiger partial charge >= 0.3 is 0 Å². The molecule has 4 aromatic heterocycles. The average molecular weight is 639 g/mol. The summed E-state index contributed by atoms with van der Waals surface area (Å²) in [5, 5.41) is 7.37. The molecule has 13 heteroatoms. The van der Waals surface area contributed by atoms with Crippen molar-refractivity contribution in [1.82, 2.24) is 29.8 Å². The van der Waals surface area contributed by atoms with Crippen molar-refractivity contribution in [2.75, 3.05) is 49.6 Å². The second kappa shape index (κ2) is 12.2. The van der Waals surface area contributed by atoms with Crippen molar-refractivity contribution in [3.05, 3.63) is 88.7 Å². The Bertz CT molecular complexity index is 2090. The van der Waals surface area contributed by atoms with Gasteiger partial charge in [0, 0.05) is 74.3 Å². The molecule has 0 spiro atoms. The Morgan fingerprint density at radius 1 is 0.957 bits per heavy atom. The van der Waals surface area contributed by atoms with Crippen molar-refractivity contribution >= 4 is 38.2 Å². The van der Waals surface area contributed by atoms with Crippen LogP contribution in [-0.4, -0.2) is 72.3 Å². The number of hydrogen-bond donors (Lipinski definition) is 2. The number of rotatable bonds is 7. The van der Waals surface area contributed by atoms with E-state index in [0.29, 0.717) is 53.4 Å². The molecule has 2 aliphatic rings. The summed E-state index contributed by atoms with van der Waals surface area (Å²) in [6.45, 7) is 8.64. The van der Waals surface area contributed by atoms with E-state index in [1.807, 2.05) is 6.07 Å². The van der Waals surface area contributed by atoms with E-state index in [9.17, 15) is 13.2 Å². The Hall–Kier alpha value is -4.72. The molecule has 0 radical (unpaired) electrons. The minimum absolute atomic E-state index is 0.0421. The standard InChI is InChI=1S/C33H34N8O4S/c1-21-15-24(3-4-29(21)40-12-10-35-11-13-40)38-33-37-18-23-17-28(32(42)41(31(23)39-33)25-7-14-45-20-25)30-22(2)16-27(19-36-30)46(43,44)26-5-8-34-9-6-26/h3-6,8-9,15-19,25,35H,7,10-14,20H2,1-2H3,(H,37,38,39). The van der Waals surface area contributed by atoms with Gasteiger partial charge in [-0.25, -0.2) is 13.4 Å². The molecule has 0 bridgehead atoms. The second-order valence-corrected chi connectivity index (χ2v) is 13.6. The molecular weight excluding hydrogens is 604 g/mol. The van der Waals surface area contributed by atoms with E-state index < -0.39 is 9.84 Å². The highest BCUT2D eigenvalue weighted by Crippen LogP contribution is 2.30. The Balaban J connectivity index is 1.25. The van der Waals surface area contributed by atoms with Crippen LogP contribution < -0.4 is 21.1 Å². The molecule has 2 fully saturated rings. The van der Waals surface area contributed by atoms with Gasteiger partial charge in [0.2, 0.25) is 15.8 Å². The van der Waals surface area contributed by atoms with Crippen LogP contribution in [0.2, 0.25) is 0 Å². The summed E-state index contributed by atoms with van der Waals surface area (Å²) >= 11 is 0. The number of fused-ring (bicyclic) bond motifs is 1. The van der Waals surface area contributed by atoms with E-state index >= 15 is 0 Å². The first-order valence-electron chi connectivity index (χ1n) is 15.2. The Labute approximate surface area is 266 Å². The number of hydrogen-bond acceptors (Lipinski definition) is 11. The third-order valence-electron chi connectivity index (χ3n) is 8.53. The first-order chi connectivity index (χ1) is 22.3. The van der Waals surface area contributed by atoms with E-state index in [0.717, 1.165) is 37.4 Å². The number of anilines is 3. The third-order valence-corrected chi connectivity index (χ3v) is 10.3.